The molecule has 0 spiro atoms. The molecule has 4 nitrogen and oxygen atoms in total. The first-order valence-electron chi connectivity index (χ1n) is 6.43. The summed E-state index contributed by atoms with van der Waals surface area (Å²) in [5.74, 6) is -0.971. The van der Waals surface area contributed by atoms with Crippen molar-refractivity contribution in [3.63, 3.8) is 0 Å². The summed E-state index contributed by atoms with van der Waals surface area (Å²) in [4.78, 5) is 25.6. The molecule has 5 heteroatoms. The summed E-state index contributed by atoms with van der Waals surface area (Å²) in [5.41, 5.74) is 0.694. The Kier molecular flexibility index (Phi) is 4.37. The lowest BCUT2D eigenvalue weighted by atomic mass is 10.2. The van der Waals surface area contributed by atoms with Crippen molar-refractivity contribution in [1.82, 2.24) is 4.90 Å². The second kappa shape index (κ2) is 6.02. The molecule has 2 rings (SSSR count). The van der Waals surface area contributed by atoms with Crippen molar-refractivity contribution in [2.45, 2.75) is 32.2 Å². The fraction of sp³-hybridized carbons (Fsp3) is 0.429. The Morgan fingerprint density at radius 3 is 2.84 bits per heavy atom. The van der Waals surface area contributed by atoms with Gasteiger partial charge in [-0.15, -0.1) is 11.3 Å². The van der Waals surface area contributed by atoms with Gasteiger partial charge in [0.1, 0.15) is 0 Å². The number of carboxylic acids is 1. The summed E-state index contributed by atoms with van der Waals surface area (Å²) in [5, 5.41) is 10.5. The first-order valence-corrected chi connectivity index (χ1v) is 7.31. The molecule has 0 aliphatic heterocycles. The molecule has 0 bridgehead atoms. The van der Waals surface area contributed by atoms with E-state index in [9.17, 15) is 9.59 Å². The fourth-order valence-electron chi connectivity index (χ4n) is 1.99. The van der Waals surface area contributed by atoms with Gasteiger partial charge in [0.2, 0.25) is 0 Å². The van der Waals surface area contributed by atoms with Crippen molar-refractivity contribution in [3.05, 3.63) is 28.0 Å². The van der Waals surface area contributed by atoms with Crippen LogP contribution < -0.4 is 0 Å². The molecule has 0 aromatic carbocycles. The van der Waals surface area contributed by atoms with Gasteiger partial charge in [-0.1, -0.05) is 6.92 Å². The van der Waals surface area contributed by atoms with Crippen molar-refractivity contribution < 1.29 is 14.7 Å². The second-order valence-corrected chi connectivity index (χ2v) is 5.52. The minimum atomic E-state index is -1.00. The summed E-state index contributed by atoms with van der Waals surface area (Å²) in [7, 11) is 0. The molecular formula is C14H17NO3S. The van der Waals surface area contributed by atoms with Crippen molar-refractivity contribution in [2.24, 2.45) is 0 Å². The average Bonchev–Trinajstić information content (AvgIpc) is 3.10. The fourth-order valence-corrected chi connectivity index (χ4v) is 2.83. The number of amides is 1. The smallest absolute Gasteiger partial charge is 0.328 e. The van der Waals surface area contributed by atoms with Gasteiger partial charge in [0.25, 0.3) is 5.91 Å². The standard InChI is InChI=1S/C14H17NO3S/c1-2-8-15(11-4-5-11)14(18)13-10(7-9-19-13)3-6-12(16)17/h3,6-7,9,11H,2,4-5,8H2,1H3,(H,16,17). The number of aliphatic carboxylic acids is 1. The molecule has 1 aliphatic rings. The zero-order valence-electron chi connectivity index (χ0n) is 10.8. The molecule has 1 aromatic heterocycles. The Balaban J connectivity index is 2.18. The van der Waals surface area contributed by atoms with Gasteiger partial charge >= 0.3 is 5.97 Å². The van der Waals surface area contributed by atoms with Crippen LogP contribution in [0.5, 0.6) is 0 Å². The average molecular weight is 279 g/mol. The molecule has 0 radical (unpaired) electrons. The highest BCUT2D eigenvalue weighted by molar-refractivity contribution is 7.12. The quantitative estimate of drug-likeness (QED) is 0.815. The predicted molar refractivity (Wildman–Crippen MR) is 75.3 cm³/mol. The van der Waals surface area contributed by atoms with E-state index >= 15 is 0 Å². The van der Waals surface area contributed by atoms with Gasteiger partial charge in [-0.25, -0.2) is 4.79 Å². The van der Waals surface area contributed by atoms with E-state index in [2.05, 4.69) is 6.92 Å². The van der Waals surface area contributed by atoms with E-state index < -0.39 is 5.97 Å². The molecule has 19 heavy (non-hydrogen) atoms. The molecule has 0 unspecified atom stereocenters. The molecule has 1 heterocycles. The monoisotopic (exact) mass is 279 g/mol. The van der Waals surface area contributed by atoms with Gasteiger partial charge in [0.15, 0.2) is 0 Å². The van der Waals surface area contributed by atoms with Crippen LogP contribution in [0.25, 0.3) is 6.08 Å². The topological polar surface area (TPSA) is 57.6 Å². The van der Waals surface area contributed by atoms with Gasteiger partial charge in [-0.3, -0.25) is 4.79 Å². The summed E-state index contributed by atoms with van der Waals surface area (Å²) >= 11 is 1.37. The third-order valence-corrected chi connectivity index (χ3v) is 3.93. The Labute approximate surface area is 116 Å². The van der Waals surface area contributed by atoms with Crippen LogP contribution in [-0.2, 0) is 4.79 Å². The summed E-state index contributed by atoms with van der Waals surface area (Å²) in [6.07, 6.45) is 5.66. The number of hydrogen-bond acceptors (Lipinski definition) is 3. The lowest BCUT2D eigenvalue weighted by Gasteiger charge is -2.21. The number of hydrogen-bond donors (Lipinski definition) is 1. The van der Waals surface area contributed by atoms with E-state index in [4.69, 9.17) is 5.11 Å². The third-order valence-electron chi connectivity index (χ3n) is 3.01. The maximum absolute atomic E-state index is 12.5. The number of carbonyl (C=O) groups excluding carboxylic acids is 1. The van der Waals surface area contributed by atoms with Crippen LogP contribution in [0.1, 0.15) is 41.4 Å². The van der Waals surface area contributed by atoms with Crippen LogP contribution in [0.3, 0.4) is 0 Å². The number of rotatable bonds is 6. The maximum atomic E-state index is 12.5. The van der Waals surface area contributed by atoms with Gasteiger partial charge in [0.05, 0.1) is 4.88 Å². The van der Waals surface area contributed by atoms with Crippen molar-refractivity contribution in [3.8, 4) is 0 Å². The molecule has 1 N–H and O–H groups in total. The molecule has 1 aromatic rings. The summed E-state index contributed by atoms with van der Waals surface area (Å²) < 4.78 is 0. The molecule has 102 valence electrons. The Bertz CT molecular complexity index is 503. The highest BCUT2D eigenvalue weighted by Gasteiger charge is 2.33. The molecule has 1 saturated carbocycles. The van der Waals surface area contributed by atoms with Crippen molar-refractivity contribution >= 4 is 29.3 Å². The minimum Gasteiger partial charge on any atom is -0.478 e. The molecule has 0 saturated heterocycles. The molecule has 1 amide bonds. The third kappa shape index (κ3) is 3.44. The first-order chi connectivity index (χ1) is 9.13. The normalized spacial score (nSPS) is 14.8. The predicted octanol–water partition coefficient (Wildman–Crippen LogP) is 2.86. The lowest BCUT2D eigenvalue weighted by Crippen LogP contribution is -2.33. The van der Waals surface area contributed by atoms with Gasteiger partial charge in [-0.2, -0.15) is 0 Å². The SMILES string of the molecule is CCCN(C(=O)c1sccc1C=CC(=O)O)C1CC1. The summed E-state index contributed by atoms with van der Waals surface area (Å²) in [6, 6.07) is 2.17. The molecule has 0 atom stereocenters. The number of thiophene rings is 1. The van der Waals surface area contributed by atoms with E-state index in [0.29, 0.717) is 16.5 Å². The zero-order chi connectivity index (χ0) is 13.8. The molecular weight excluding hydrogens is 262 g/mol. The number of carboxylic acid groups (broad SMARTS) is 1. The Morgan fingerprint density at radius 2 is 2.26 bits per heavy atom. The van der Waals surface area contributed by atoms with Crippen LogP contribution >= 0.6 is 11.3 Å². The van der Waals surface area contributed by atoms with Crippen LogP contribution in [0.15, 0.2) is 17.5 Å². The van der Waals surface area contributed by atoms with E-state index in [-0.39, 0.29) is 5.91 Å². The van der Waals surface area contributed by atoms with E-state index in [1.54, 1.807) is 6.07 Å². The second-order valence-electron chi connectivity index (χ2n) is 4.61. The first kappa shape index (κ1) is 13.8. The van der Waals surface area contributed by atoms with E-state index in [1.165, 1.54) is 17.4 Å². The molecule has 1 aliphatic carbocycles. The Morgan fingerprint density at radius 1 is 1.53 bits per heavy atom. The molecule has 1 fully saturated rings. The van der Waals surface area contributed by atoms with Crippen LogP contribution in [0, 0.1) is 0 Å². The van der Waals surface area contributed by atoms with E-state index in [0.717, 1.165) is 31.9 Å². The van der Waals surface area contributed by atoms with Crippen LogP contribution in [0.2, 0.25) is 0 Å². The van der Waals surface area contributed by atoms with Crippen LogP contribution in [-0.4, -0.2) is 34.5 Å². The van der Waals surface area contributed by atoms with Crippen molar-refractivity contribution in [2.75, 3.05) is 6.54 Å². The van der Waals surface area contributed by atoms with Crippen LogP contribution in [0.4, 0.5) is 0 Å². The lowest BCUT2D eigenvalue weighted by molar-refractivity contribution is -0.131. The number of nitrogens with zero attached hydrogens (tertiary/aromatic N) is 1. The maximum Gasteiger partial charge on any atom is 0.328 e. The minimum absolute atomic E-state index is 0.0318. The highest BCUT2D eigenvalue weighted by Crippen LogP contribution is 2.30. The highest BCUT2D eigenvalue weighted by atomic mass is 32.1. The van der Waals surface area contributed by atoms with Gasteiger partial charge < -0.3 is 10.0 Å². The van der Waals surface area contributed by atoms with E-state index in [1.807, 2.05) is 10.3 Å². The number of carbonyl (C=O) groups is 2. The zero-order valence-corrected chi connectivity index (χ0v) is 11.7. The van der Waals surface area contributed by atoms with Gasteiger partial charge in [0, 0.05) is 18.7 Å². The Hall–Kier alpha value is -1.62. The summed E-state index contributed by atoms with van der Waals surface area (Å²) in [6.45, 7) is 2.83. The largest absolute Gasteiger partial charge is 0.478 e. The van der Waals surface area contributed by atoms with Gasteiger partial charge in [-0.05, 0) is 42.3 Å². The van der Waals surface area contributed by atoms with Crippen molar-refractivity contribution in [1.29, 1.82) is 0 Å².